The molecule has 4 nitrogen and oxygen atoms in total. The molecular weight excluding hydrogens is 256 g/mol. The maximum absolute atomic E-state index is 13.4. The molecule has 1 aromatic rings. The molecule has 1 rings (SSSR count). The van der Waals surface area contributed by atoms with E-state index in [0.717, 1.165) is 12.1 Å². The van der Waals surface area contributed by atoms with Crippen LogP contribution in [-0.2, 0) is 4.79 Å². The summed E-state index contributed by atoms with van der Waals surface area (Å²) in [6.45, 7) is 3.45. The molecule has 19 heavy (non-hydrogen) atoms. The number of amides is 1. The number of carbonyl (C=O) groups excluding carboxylic acids is 1. The van der Waals surface area contributed by atoms with Gasteiger partial charge in [0.1, 0.15) is 17.7 Å². The smallest absolute Gasteiger partial charge is 0.326 e. The second-order valence-corrected chi connectivity index (χ2v) is 4.30. The average Bonchev–Trinajstić information content (AvgIpc) is 2.34. The highest BCUT2D eigenvalue weighted by Crippen LogP contribution is 2.12. The standard InChI is InChI=1S/C13H15F2NO3/c1-3-7(2)11(13(18)19)16-12(17)9-5-4-8(14)6-10(9)15/h4-7,11H,3H2,1-2H3,(H,16,17)(H,18,19). The molecule has 0 heterocycles. The minimum atomic E-state index is -1.19. The van der Waals surface area contributed by atoms with E-state index in [1.165, 1.54) is 0 Å². The lowest BCUT2D eigenvalue weighted by Crippen LogP contribution is -2.45. The molecule has 0 aliphatic carbocycles. The number of benzene rings is 1. The van der Waals surface area contributed by atoms with E-state index in [-0.39, 0.29) is 11.5 Å². The Morgan fingerprint density at radius 1 is 1.37 bits per heavy atom. The van der Waals surface area contributed by atoms with Crippen molar-refractivity contribution in [2.45, 2.75) is 26.3 Å². The summed E-state index contributed by atoms with van der Waals surface area (Å²) < 4.78 is 26.1. The summed E-state index contributed by atoms with van der Waals surface area (Å²) in [6, 6.07) is 1.39. The molecule has 0 aliphatic heterocycles. The first kappa shape index (κ1) is 15.1. The lowest BCUT2D eigenvalue weighted by molar-refractivity contribution is -0.140. The van der Waals surface area contributed by atoms with Crippen LogP contribution in [0, 0.1) is 17.6 Å². The zero-order chi connectivity index (χ0) is 14.6. The molecule has 0 saturated carbocycles. The van der Waals surface area contributed by atoms with Gasteiger partial charge in [0.25, 0.3) is 5.91 Å². The molecule has 1 amide bonds. The van der Waals surface area contributed by atoms with Gasteiger partial charge in [-0.2, -0.15) is 0 Å². The van der Waals surface area contributed by atoms with Crippen LogP contribution in [-0.4, -0.2) is 23.0 Å². The van der Waals surface area contributed by atoms with E-state index in [0.29, 0.717) is 12.5 Å². The monoisotopic (exact) mass is 271 g/mol. The van der Waals surface area contributed by atoms with Crippen molar-refractivity contribution < 1.29 is 23.5 Å². The van der Waals surface area contributed by atoms with Crippen LogP contribution < -0.4 is 5.32 Å². The maximum atomic E-state index is 13.4. The second kappa shape index (κ2) is 6.26. The number of hydrogen-bond acceptors (Lipinski definition) is 2. The zero-order valence-corrected chi connectivity index (χ0v) is 10.6. The number of aliphatic carboxylic acids is 1. The van der Waals surface area contributed by atoms with E-state index in [1.807, 2.05) is 0 Å². The first-order valence-electron chi connectivity index (χ1n) is 5.85. The van der Waals surface area contributed by atoms with Gasteiger partial charge in [-0.3, -0.25) is 4.79 Å². The predicted molar refractivity (Wildman–Crippen MR) is 64.7 cm³/mol. The van der Waals surface area contributed by atoms with Crippen molar-refractivity contribution in [1.82, 2.24) is 5.32 Å². The van der Waals surface area contributed by atoms with Crippen LogP contribution in [0.3, 0.4) is 0 Å². The van der Waals surface area contributed by atoms with E-state index < -0.39 is 29.6 Å². The molecule has 0 saturated heterocycles. The molecule has 0 aliphatic rings. The summed E-state index contributed by atoms with van der Waals surface area (Å²) in [6.07, 6.45) is 0.545. The molecule has 0 aromatic heterocycles. The molecule has 0 radical (unpaired) electrons. The van der Waals surface area contributed by atoms with Crippen LogP contribution in [0.2, 0.25) is 0 Å². The Morgan fingerprint density at radius 2 is 2.00 bits per heavy atom. The fourth-order valence-corrected chi connectivity index (χ4v) is 1.58. The van der Waals surface area contributed by atoms with E-state index in [1.54, 1.807) is 13.8 Å². The highest BCUT2D eigenvalue weighted by Gasteiger charge is 2.26. The third-order valence-corrected chi connectivity index (χ3v) is 2.94. The SMILES string of the molecule is CCC(C)C(NC(=O)c1ccc(F)cc1F)C(=O)O. The fourth-order valence-electron chi connectivity index (χ4n) is 1.58. The Bertz CT molecular complexity index is 491. The van der Waals surface area contributed by atoms with Crippen molar-refractivity contribution in [2.75, 3.05) is 0 Å². The average molecular weight is 271 g/mol. The second-order valence-electron chi connectivity index (χ2n) is 4.30. The topological polar surface area (TPSA) is 66.4 Å². The molecule has 104 valence electrons. The maximum Gasteiger partial charge on any atom is 0.326 e. The Balaban J connectivity index is 2.91. The van der Waals surface area contributed by atoms with Gasteiger partial charge in [-0.15, -0.1) is 0 Å². The van der Waals surface area contributed by atoms with Gasteiger partial charge in [-0.25, -0.2) is 13.6 Å². The van der Waals surface area contributed by atoms with Gasteiger partial charge in [0.15, 0.2) is 0 Å². The Kier molecular flexibility index (Phi) is 4.97. The van der Waals surface area contributed by atoms with Crippen molar-refractivity contribution in [3.8, 4) is 0 Å². The van der Waals surface area contributed by atoms with Gasteiger partial charge in [0.2, 0.25) is 0 Å². The molecular formula is C13H15F2NO3. The van der Waals surface area contributed by atoms with Crippen molar-refractivity contribution in [3.05, 3.63) is 35.4 Å². The number of carbonyl (C=O) groups is 2. The van der Waals surface area contributed by atoms with Crippen molar-refractivity contribution >= 4 is 11.9 Å². The molecule has 0 spiro atoms. The first-order valence-corrected chi connectivity index (χ1v) is 5.85. The van der Waals surface area contributed by atoms with Crippen LogP contribution in [0.4, 0.5) is 8.78 Å². The van der Waals surface area contributed by atoms with E-state index >= 15 is 0 Å². The number of halogens is 2. The van der Waals surface area contributed by atoms with Crippen LogP contribution >= 0.6 is 0 Å². The highest BCUT2D eigenvalue weighted by molar-refractivity contribution is 5.96. The summed E-state index contributed by atoms with van der Waals surface area (Å²) in [5.74, 6) is -4.18. The van der Waals surface area contributed by atoms with Crippen LogP contribution in [0.1, 0.15) is 30.6 Å². The fraction of sp³-hybridized carbons (Fsp3) is 0.385. The van der Waals surface area contributed by atoms with Gasteiger partial charge < -0.3 is 10.4 Å². The third-order valence-electron chi connectivity index (χ3n) is 2.94. The summed E-state index contributed by atoms with van der Waals surface area (Å²) in [4.78, 5) is 22.8. The Hall–Kier alpha value is -1.98. The van der Waals surface area contributed by atoms with Gasteiger partial charge in [0.05, 0.1) is 5.56 Å². The Labute approximate surface area is 109 Å². The van der Waals surface area contributed by atoms with Gasteiger partial charge >= 0.3 is 5.97 Å². The third kappa shape index (κ3) is 3.74. The number of nitrogens with one attached hydrogen (secondary N) is 1. The van der Waals surface area contributed by atoms with Gasteiger partial charge in [-0.1, -0.05) is 20.3 Å². The van der Waals surface area contributed by atoms with Crippen molar-refractivity contribution in [3.63, 3.8) is 0 Å². The van der Waals surface area contributed by atoms with Gasteiger partial charge in [-0.05, 0) is 18.1 Å². The van der Waals surface area contributed by atoms with E-state index in [4.69, 9.17) is 5.11 Å². The van der Waals surface area contributed by atoms with Crippen molar-refractivity contribution in [2.24, 2.45) is 5.92 Å². The first-order chi connectivity index (χ1) is 8.86. The quantitative estimate of drug-likeness (QED) is 0.862. The largest absolute Gasteiger partial charge is 0.480 e. The van der Waals surface area contributed by atoms with E-state index in [2.05, 4.69) is 5.32 Å². The number of carboxylic acid groups (broad SMARTS) is 1. The number of carboxylic acids is 1. The van der Waals surface area contributed by atoms with Crippen LogP contribution in [0.5, 0.6) is 0 Å². The number of rotatable bonds is 5. The Morgan fingerprint density at radius 3 is 2.47 bits per heavy atom. The molecule has 0 fully saturated rings. The lowest BCUT2D eigenvalue weighted by Gasteiger charge is -2.20. The number of hydrogen-bond donors (Lipinski definition) is 2. The van der Waals surface area contributed by atoms with Crippen LogP contribution in [0.15, 0.2) is 18.2 Å². The zero-order valence-electron chi connectivity index (χ0n) is 10.6. The minimum absolute atomic E-state index is 0.301. The lowest BCUT2D eigenvalue weighted by atomic mass is 9.99. The van der Waals surface area contributed by atoms with Gasteiger partial charge in [0, 0.05) is 6.07 Å². The summed E-state index contributed by atoms with van der Waals surface area (Å²) in [7, 11) is 0. The molecule has 6 heteroatoms. The molecule has 2 unspecified atom stereocenters. The molecule has 1 aromatic carbocycles. The normalized spacial score (nSPS) is 13.7. The summed E-state index contributed by atoms with van der Waals surface area (Å²) in [5, 5.41) is 11.3. The van der Waals surface area contributed by atoms with Crippen molar-refractivity contribution in [1.29, 1.82) is 0 Å². The van der Waals surface area contributed by atoms with Crippen LogP contribution in [0.25, 0.3) is 0 Å². The van der Waals surface area contributed by atoms with E-state index in [9.17, 15) is 18.4 Å². The minimum Gasteiger partial charge on any atom is -0.480 e. The summed E-state index contributed by atoms with van der Waals surface area (Å²) in [5.41, 5.74) is -0.379. The molecule has 2 atom stereocenters. The summed E-state index contributed by atoms with van der Waals surface area (Å²) >= 11 is 0. The highest BCUT2D eigenvalue weighted by atomic mass is 19.1. The molecule has 0 bridgehead atoms. The predicted octanol–water partition coefficient (Wildman–Crippen LogP) is 2.19. The molecule has 2 N–H and O–H groups in total.